The molecule has 1 amide bonds. The van der Waals surface area contributed by atoms with Gasteiger partial charge in [-0.1, -0.05) is 12.1 Å². The van der Waals surface area contributed by atoms with Gasteiger partial charge in [-0.15, -0.1) is 0 Å². The van der Waals surface area contributed by atoms with Crippen molar-refractivity contribution in [2.24, 2.45) is 0 Å². The SMILES string of the molecule is O=CNC(Cc1ccc(OC(=O)CCSO)cc1)C(O)O. The van der Waals surface area contributed by atoms with Crippen molar-refractivity contribution in [2.45, 2.75) is 25.2 Å². The molecule has 4 N–H and O–H groups in total. The molecule has 0 radical (unpaired) electrons. The molecular formula is C13H17NO6S. The smallest absolute Gasteiger partial charge is 0.312 e. The van der Waals surface area contributed by atoms with Crippen LogP contribution in [0.1, 0.15) is 12.0 Å². The number of aliphatic hydroxyl groups is 2. The Labute approximate surface area is 126 Å². The highest BCUT2D eigenvalue weighted by Crippen LogP contribution is 2.15. The molecule has 1 aromatic carbocycles. The van der Waals surface area contributed by atoms with Gasteiger partial charge in [-0.3, -0.25) is 9.59 Å². The lowest BCUT2D eigenvalue weighted by Crippen LogP contribution is -2.40. The lowest BCUT2D eigenvalue weighted by atomic mass is 10.1. The van der Waals surface area contributed by atoms with Crippen LogP contribution in [-0.4, -0.2) is 45.2 Å². The molecule has 0 aliphatic carbocycles. The molecule has 21 heavy (non-hydrogen) atoms. The Kier molecular flexibility index (Phi) is 7.76. The molecule has 116 valence electrons. The van der Waals surface area contributed by atoms with Crippen molar-refractivity contribution in [1.29, 1.82) is 0 Å². The first-order valence-corrected chi connectivity index (χ1v) is 7.13. The van der Waals surface area contributed by atoms with Gasteiger partial charge >= 0.3 is 5.97 Å². The number of esters is 1. The molecule has 0 fully saturated rings. The minimum atomic E-state index is -1.66. The van der Waals surface area contributed by atoms with Crippen LogP contribution in [0.4, 0.5) is 0 Å². The van der Waals surface area contributed by atoms with Gasteiger partial charge < -0.3 is 24.8 Å². The normalized spacial score (nSPS) is 12.0. The van der Waals surface area contributed by atoms with Crippen LogP contribution in [0.5, 0.6) is 5.75 Å². The summed E-state index contributed by atoms with van der Waals surface area (Å²) in [4.78, 5) is 21.7. The monoisotopic (exact) mass is 315 g/mol. The number of rotatable bonds is 9. The van der Waals surface area contributed by atoms with Gasteiger partial charge in [0.05, 0.1) is 12.5 Å². The van der Waals surface area contributed by atoms with Crippen LogP contribution < -0.4 is 10.1 Å². The van der Waals surface area contributed by atoms with Gasteiger partial charge in [-0.05, 0) is 36.2 Å². The largest absolute Gasteiger partial charge is 0.427 e. The van der Waals surface area contributed by atoms with E-state index in [1.54, 1.807) is 24.3 Å². The molecule has 1 aromatic rings. The van der Waals surface area contributed by atoms with Gasteiger partial charge in [0, 0.05) is 5.75 Å². The minimum Gasteiger partial charge on any atom is -0.427 e. The predicted molar refractivity (Wildman–Crippen MR) is 76.7 cm³/mol. The Morgan fingerprint density at radius 3 is 2.52 bits per heavy atom. The van der Waals surface area contributed by atoms with Crippen molar-refractivity contribution in [1.82, 2.24) is 5.32 Å². The summed E-state index contributed by atoms with van der Waals surface area (Å²) in [6.07, 6.45) is -0.931. The molecule has 0 spiro atoms. The van der Waals surface area contributed by atoms with Crippen LogP contribution in [0.2, 0.25) is 0 Å². The average Bonchev–Trinajstić information content (AvgIpc) is 2.46. The molecule has 0 bridgehead atoms. The molecule has 1 unspecified atom stereocenters. The summed E-state index contributed by atoms with van der Waals surface area (Å²) in [6.45, 7) is 0. The molecule has 7 nitrogen and oxygen atoms in total. The van der Waals surface area contributed by atoms with E-state index in [2.05, 4.69) is 5.32 Å². The van der Waals surface area contributed by atoms with Crippen molar-refractivity contribution in [3.8, 4) is 5.75 Å². The molecule has 8 heteroatoms. The van der Waals surface area contributed by atoms with Gasteiger partial charge in [0.1, 0.15) is 5.75 Å². The molecule has 1 rings (SSSR count). The van der Waals surface area contributed by atoms with E-state index < -0.39 is 18.3 Å². The number of carbonyl (C=O) groups is 2. The number of ether oxygens (including phenoxy) is 1. The lowest BCUT2D eigenvalue weighted by Gasteiger charge is -2.18. The topological polar surface area (TPSA) is 116 Å². The molecule has 0 aliphatic heterocycles. The summed E-state index contributed by atoms with van der Waals surface area (Å²) in [7, 11) is 0. The second kappa shape index (κ2) is 9.35. The summed E-state index contributed by atoms with van der Waals surface area (Å²) in [5.41, 5.74) is 0.744. The van der Waals surface area contributed by atoms with Gasteiger partial charge in [0.2, 0.25) is 6.41 Å². The fraction of sp³-hybridized carbons (Fsp3) is 0.385. The highest BCUT2D eigenvalue weighted by atomic mass is 32.2. The number of amides is 1. The summed E-state index contributed by atoms with van der Waals surface area (Å²) in [6, 6.07) is 5.65. The van der Waals surface area contributed by atoms with E-state index in [1.807, 2.05) is 0 Å². The molecular weight excluding hydrogens is 298 g/mol. The van der Waals surface area contributed by atoms with E-state index in [9.17, 15) is 9.59 Å². The Balaban J connectivity index is 2.56. The first-order chi connectivity index (χ1) is 10.1. The fourth-order valence-electron chi connectivity index (χ4n) is 1.60. The highest BCUT2D eigenvalue weighted by Gasteiger charge is 2.16. The third-order valence-electron chi connectivity index (χ3n) is 2.65. The summed E-state index contributed by atoms with van der Waals surface area (Å²) in [5.74, 6) is 0.177. The van der Waals surface area contributed by atoms with Crippen LogP contribution in [0.15, 0.2) is 24.3 Å². The van der Waals surface area contributed by atoms with Crippen molar-refractivity contribution in [3.05, 3.63) is 29.8 Å². The van der Waals surface area contributed by atoms with Crippen molar-refractivity contribution in [3.63, 3.8) is 0 Å². The lowest BCUT2D eigenvalue weighted by molar-refractivity contribution is -0.133. The number of carbonyl (C=O) groups excluding carboxylic acids is 2. The van der Waals surface area contributed by atoms with Crippen LogP contribution in [0.25, 0.3) is 0 Å². The number of hydrogen-bond donors (Lipinski definition) is 4. The van der Waals surface area contributed by atoms with Crippen molar-refractivity contribution >= 4 is 24.4 Å². The molecule has 0 aliphatic rings. The number of aliphatic hydroxyl groups excluding tert-OH is 1. The van der Waals surface area contributed by atoms with E-state index in [4.69, 9.17) is 19.5 Å². The maximum absolute atomic E-state index is 11.3. The standard InChI is InChI=1S/C13H17NO6S/c15-8-14-11(13(17)18)7-9-1-3-10(4-2-9)20-12(16)5-6-21-19/h1-4,8,11,13,17-19H,5-7H2,(H,14,15). The Morgan fingerprint density at radius 1 is 1.33 bits per heavy atom. The Morgan fingerprint density at radius 2 is 2.00 bits per heavy atom. The average molecular weight is 315 g/mol. The maximum Gasteiger partial charge on any atom is 0.312 e. The molecule has 0 heterocycles. The Bertz CT molecular complexity index is 450. The minimum absolute atomic E-state index is 0.102. The zero-order valence-corrected chi connectivity index (χ0v) is 12.0. The number of hydrogen-bond acceptors (Lipinski definition) is 7. The number of benzene rings is 1. The predicted octanol–water partition coefficient (Wildman–Crippen LogP) is 0.156. The quantitative estimate of drug-likeness (QED) is 0.169. The third kappa shape index (κ3) is 6.58. The summed E-state index contributed by atoms with van der Waals surface area (Å²) >= 11 is 0.573. The third-order valence-corrected chi connectivity index (χ3v) is 3.04. The van der Waals surface area contributed by atoms with Crippen molar-refractivity contribution in [2.75, 3.05) is 5.75 Å². The van der Waals surface area contributed by atoms with Crippen LogP contribution >= 0.6 is 12.0 Å². The van der Waals surface area contributed by atoms with E-state index in [1.165, 1.54) is 0 Å². The Hall–Kier alpha value is -1.61. The van der Waals surface area contributed by atoms with E-state index in [0.29, 0.717) is 24.2 Å². The first-order valence-electron chi connectivity index (χ1n) is 6.18. The molecule has 0 saturated heterocycles. The van der Waals surface area contributed by atoms with Gasteiger partial charge in [-0.2, -0.15) is 0 Å². The van der Waals surface area contributed by atoms with Crippen LogP contribution in [-0.2, 0) is 16.0 Å². The summed E-state index contributed by atoms with van der Waals surface area (Å²) in [5, 5.41) is 20.5. The fourth-order valence-corrected chi connectivity index (χ4v) is 1.85. The van der Waals surface area contributed by atoms with Crippen LogP contribution in [0, 0.1) is 0 Å². The van der Waals surface area contributed by atoms with Gasteiger partial charge in [0.25, 0.3) is 0 Å². The van der Waals surface area contributed by atoms with Crippen LogP contribution in [0.3, 0.4) is 0 Å². The highest BCUT2D eigenvalue weighted by molar-refractivity contribution is 7.93. The van der Waals surface area contributed by atoms with E-state index >= 15 is 0 Å². The zero-order valence-electron chi connectivity index (χ0n) is 11.1. The van der Waals surface area contributed by atoms with Gasteiger partial charge in [-0.25, -0.2) is 0 Å². The molecule has 0 saturated carbocycles. The number of nitrogens with one attached hydrogen (secondary N) is 1. The second-order valence-corrected chi connectivity index (χ2v) is 4.88. The molecule has 1 atom stereocenters. The van der Waals surface area contributed by atoms with Crippen molar-refractivity contribution < 1.29 is 29.1 Å². The van der Waals surface area contributed by atoms with E-state index in [0.717, 1.165) is 5.56 Å². The molecule has 0 aromatic heterocycles. The summed E-state index contributed by atoms with van der Waals surface area (Å²) < 4.78 is 13.6. The zero-order chi connectivity index (χ0) is 15.7. The first kappa shape index (κ1) is 17.4. The second-order valence-electron chi connectivity index (χ2n) is 4.21. The maximum atomic E-state index is 11.3. The van der Waals surface area contributed by atoms with E-state index in [-0.39, 0.29) is 18.6 Å². The van der Waals surface area contributed by atoms with Gasteiger partial charge in [0.15, 0.2) is 6.29 Å².